The third kappa shape index (κ3) is 12.7. The molecule has 0 aliphatic heterocycles. The Morgan fingerprint density at radius 2 is 1.26 bits per heavy atom. The summed E-state index contributed by atoms with van der Waals surface area (Å²) >= 11 is 3.44. The van der Waals surface area contributed by atoms with Gasteiger partial charge in [-0.05, 0) is 24.6 Å². The first kappa shape index (κ1) is 23.8. The molecule has 2 heteroatoms. The summed E-state index contributed by atoms with van der Waals surface area (Å²) in [6.07, 6.45) is 20.2. The molecule has 0 radical (unpaired) electrons. The lowest BCUT2D eigenvalue weighted by atomic mass is 10.0. The van der Waals surface area contributed by atoms with Gasteiger partial charge in [0.15, 0.2) is 0 Å². The summed E-state index contributed by atoms with van der Waals surface area (Å²) in [5.41, 5.74) is 1.49. The minimum atomic E-state index is 0.659. The molecule has 0 aliphatic rings. The minimum absolute atomic E-state index is 0.659. The van der Waals surface area contributed by atoms with Gasteiger partial charge in [0, 0.05) is 16.5 Å². The molecular formula is C25H36BrN. The van der Waals surface area contributed by atoms with Crippen LogP contribution in [0.25, 0.3) is 0 Å². The summed E-state index contributed by atoms with van der Waals surface area (Å²) in [7, 11) is 0. The minimum Gasteiger partial charge on any atom is -0.192 e. The van der Waals surface area contributed by atoms with Crippen LogP contribution in [0.3, 0.4) is 0 Å². The van der Waals surface area contributed by atoms with E-state index < -0.39 is 0 Å². The maximum atomic E-state index is 9.11. The number of rotatable bonds is 14. The molecule has 27 heavy (non-hydrogen) atoms. The van der Waals surface area contributed by atoms with E-state index in [1.807, 2.05) is 18.2 Å². The van der Waals surface area contributed by atoms with Crippen LogP contribution >= 0.6 is 15.9 Å². The van der Waals surface area contributed by atoms with Crippen molar-refractivity contribution in [3.8, 4) is 17.9 Å². The summed E-state index contributed by atoms with van der Waals surface area (Å²) in [5, 5.41) is 9.11. The van der Waals surface area contributed by atoms with Gasteiger partial charge in [0.05, 0.1) is 5.56 Å². The molecule has 0 aromatic heterocycles. The molecular weight excluding hydrogens is 394 g/mol. The summed E-state index contributed by atoms with van der Waals surface area (Å²) in [6, 6.07) is 7.84. The zero-order valence-electron chi connectivity index (χ0n) is 17.2. The molecule has 0 N–H and O–H groups in total. The molecule has 0 heterocycles. The summed E-state index contributed by atoms with van der Waals surface area (Å²) in [5.74, 6) is 6.37. The molecule has 1 aromatic carbocycles. The maximum Gasteiger partial charge on any atom is 0.100 e. The second-order valence-electron chi connectivity index (χ2n) is 7.45. The van der Waals surface area contributed by atoms with E-state index in [9.17, 15) is 0 Å². The van der Waals surface area contributed by atoms with Crippen molar-refractivity contribution in [2.45, 2.75) is 103 Å². The van der Waals surface area contributed by atoms with Gasteiger partial charge in [-0.2, -0.15) is 5.26 Å². The lowest BCUT2D eigenvalue weighted by molar-refractivity contribution is 0.536. The number of nitrogens with zero attached hydrogens (tertiary/aromatic N) is 1. The first-order valence-electron chi connectivity index (χ1n) is 11.0. The molecule has 0 spiro atoms. The van der Waals surface area contributed by atoms with Crippen LogP contribution in [-0.2, 0) is 0 Å². The number of unbranched alkanes of at least 4 members (excludes halogenated alkanes) is 14. The van der Waals surface area contributed by atoms with E-state index in [4.69, 9.17) is 5.26 Å². The third-order valence-corrected chi connectivity index (χ3v) is 5.47. The van der Waals surface area contributed by atoms with Crippen LogP contribution in [0.4, 0.5) is 0 Å². The molecule has 1 rings (SSSR count). The lowest BCUT2D eigenvalue weighted by Crippen LogP contribution is -1.84. The van der Waals surface area contributed by atoms with Crippen molar-refractivity contribution in [2.75, 3.05) is 0 Å². The molecule has 148 valence electrons. The molecule has 1 aromatic rings. The molecule has 0 saturated heterocycles. The van der Waals surface area contributed by atoms with Gasteiger partial charge in [-0.1, -0.05) is 118 Å². The lowest BCUT2D eigenvalue weighted by Gasteiger charge is -2.02. The predicted molar refractivity (Wildman–Crippen MR) is 121 cm³/mol. The van der Waals surface area contributed by atoms with Crippen molar-refractivity contribution >= 4 is 15.9 Å². The van der Waals surface area contributed by atoms with Crippen molar-refractivity contribution in [3.63, 3.8) is 0 Å². The van der Waals surface area contributed by atoms with Gasteiger partial charge in [0.25, 0.3) is 0 Å². The molecule has 0 saturated carbocycles. The van der Waals surface area contributed by atoms with E-state index in [0.29, 0.717) is 5.56 Å². The molecule has 0 bridgehead atoms. The van der Waals surface area contributed by atoms with E-state index in [-0.39, 0.29) is 0 Å². The Bertz CT molecular complexity index is 603. The Hall–Kier alpha value is -1.25. The van der Waals surface area contributed by atoms with Gasteiger partial charge in [-0.25, -0.2) is 0 Å². The van der Waals surface area contributed by atoms with Gasteiger partial charge in [0.1, 0.15) is 6.07 Å². The first-order chi connectivity index (χ1) is 13.3. The fourth-order valence-electron chi connectivity index (χ4n) is 3.28. The second-order valence-corrected chi connectivity index (χ2v) is 8.37. The average molecular weight is 430 g/mol. The summed E-state index contributed by atoms with van der Waals surface area (Å²) < 4.78 is 0.974. The maximum absolute atomic E-state index is 9.11. The fourth-order valence-corrected chi connectivity index (χ4v) is 3.64. The third-order valence-electron chi connectivity index (χ3n) is 4.98. The van der Waals surface area contributed by atoms with E-state index in [0.717, 1.165) is 16.5 Å². The van der Waals surface area contributed by atoms with E-state index in [2.05, 4.69) is 40.8 Å². The first-order valence-corrected chi connectivity index (χ1v) is 11.8. The molecule has 0 atom stereocenters. The number of hydrogen-bond donors (Lipinski definition) is 0. The van der Waals surface area contributed by atoms with Gasteiger partial charge in [-0.3, -0.25) is 0 Å². The van der Waals surface area contributed by atoms with Crippen molar-refractivity contribution in [1.29, 1.82) is 5.26 Å². The van der Waals surface area contributed by atoms with Crippen LogP contribution < -0.4 is 0 Å². The Kier molecular flexibility index (Phi) is 14.9. The summed E-state index contributed by atoms with van der Waals surface area (Å²) in [6.45, 7) is 2.28. The van der Waals surface area contributed by atoms with Gasteiger partial charge >= 0.3 is 0 Å². The van der Waals surface area contributed by atoms with Crippen LogP contribution in [0, 0.1) is 23.2 Å². The predicted octanol–water partition coefficient (Wildman–Crippen LogP) is 8.54. The van der Waals surface area contributed by atoms with Crippen molar-refractivity contribution in [3.05, 3.63) is 33.8 Å². The Morgan fingerprint density at radius 3 is 1.78 bits per heavy atom. The number of halogens is 1. The van der Waals surface area contributed by atoms with Crippen molar-refractivity contribution in [1.82, 2.24) is 0 Å². The number of hydrogen-bond acceptors (Lipinski definition) is 1. The standard InChI is InChI=1S/C25H36BrN/c1-2-3-4-5-6-7-8-9-10-11-12-13-14-15-16-17-18-23-21-25(26)20-19-24(23)22-27/h19-21H,2-16H2,1H3. The highest BCUT2D eigenvalue weighted by Gasteiger charge is 1.99. The Labute approximate surface area is 176 Å². The van der Waals surface area contributed by atoms with E-state index in [1.54, 1.807) is 0 Å². The Morgan fingerprint density at radius 1 is 0.741 bits per heavy atom. The normalized spacial score (nSPS) is 10.3. The van der Waals surface area contributed by atoms with E-state index >= 15 is 0 Å². The number of nitriles is 1. The highest BCUT2D eigenvalue weighted by Crippen LogP contribution is 2.16. The van der Waals surface area contributed by atoms with Crippen LogP contribution in [0.2, 0.25) is 0 Å². The quantitative estimate of drug-likeness (QED) is 0.214. The molecule has 0 aliphatic carbocycles. The zero-order chi connectivity index (χ0) is 19.6. The van der Waals surface area contributed by atoms with E-state index in [1.165, 1.54) is 89.9 Å². The van der Waals surface area contributed by atoms with Crippen LogP contribution in [0.1, 0.15) is 114 Å². The topological polar surface area (TPSA) is 23.8 Å². The molecule has 0 fully saturated rings. The SMILES string of the molecule is CCCCCCCCCCCCCCCCC#Cc1cc(Br)ccc1C#N. The highest BCUT2D eigenvalue weighted by atomic mass is 79.9. The van der Waals surface area contributed by atoms with Gasteiger partial charge in [0.2, 0.25) is 0 Å². The van der Waals surface area contributed by atoms with Crippen molar-refractivity contribution in [2.24, 2.45) is 0 Å². The fraction of sp³-hybridized carbons (Fsp3) is 0.640. The zero-order valence-corrected chi connectivity index (χ0v) is 18.7. The van der Waals surface area contributed by atoms with Gasteiger partial charge in [-0.15, -0.1) is 0 Å². The summed E-state index contributed by atoms with van der Waals surface area (Å²) in [4.78, 5) is 0. The second kappa shape index (κ2) is 16.9. The largest absolute Gasteiger partial charge is 0.192 e. The highest BCUT2D eigenvalue weighted by molar-refractivity contribution is 9.10. The molecule has 0 unspecified atom stereocenters. The van der Waals surface area contributed by atoms with Crippen molar-refractivity contribution < 1.29 is 0 Å². The Balaban J connectivity index is 1.94. The average Bonchev–Trinajstić information content (AvgIpc) is 2.68. The molecule has 0 amide bonds. The van der Waals surface area contributed by atoms with Crippen LogP contribution in [0.5, 0.6) is 0 Å². The number of benzene rings is 1. The monoisotopic (exact) mass is 429 g/mol. The van der Waals surface area contributed by atoms with Crippen LogP contribution in [0.15, 0.2) is 22.7 Å². The van der Waals surface area contributed by atoms with Gasteiger partial charge < -0.3 is 0 Å². The van der Waals surface area contributed by atoms with Crippen LogP contribution in [-0.4, -0.2) is 0 Å². The molecule has 1 nitrogen and oxygen atoms in total. The smallest absolute Gasteiger partial charge is 0.100 e.